The van der Waals surface area contributed by atoms with E-state index in [1.54, 1.807) is 0 Å². The standard InChI is InChI=1S/C36H54O8/c1-33-18-15-29-30(36(33,42)21-17-28(33)26-12-13-31(39)43-24-26)16-20-35(41)23-27(14-19-34(29,35)25-38)44-32(40)11-9-7-5-3-2-4-6-8-10-22-37/h12-13,24-25,27-30,37,41-42H,2-11,14-23H2,1H3/t27-,28+,29-,30+,33+,34-,35-,36-/m0/s1. The van der Waals surface area contributed by atoms with E-state index < -0.39 is 28.1 Å². The van der Waals surface area contributed by atoms with Crippen molar-refractivity contribution in [3.05, 3.63) is 34.4 Å². The molecule has 3 N–H and O–H groups in total. The zero-order valence-electron chi connectivity index (χ0n) is 26.6. The fourth-order valence-corrected chi connectivity index (χ4v) is 10.2. The number of rotatable bonds is 14. The zero-order chi connectivity index (χ0) is 31.4. The first kappa shape index (κ1) is 33.3. The second-order valence-corrected chi connectivity index (χ2v) is 14.8. The first-order valence-electron chi connectivity index (χ1n) is 17.4. The van der Waals surface area contributed by atoms with Crippen molar-refractivity contribution in [2.75, 3.05) is 6.61 Å². The topological polar surface area (TPSA) is 134 Å². The summed E-state index contributed by atoms with van der Waals surface area (Å²) in [6, 6.07) is 3.26. The van der Waals surface area contributed by atoms with E-state index in [2.05, 4.69) is 6.92 Å². The molecule has 246 valence electrons. The average Bonchev–Trinajstić information content (AvgIpc) is 3.29. The minimum atomic E-state index is -1.25. The summed E-state index contributed by atoms with van der Waals surface area (Å²) in [5.74, 6) is -0.391. The van der Waals surface area contributed by atoms with Crippen LogP contribution < -0.4 is 5.63 Å². The largest absolute Gasteiger partial charge is 0.462 e. The Labute approximate surface area is 262 Å². The number of aliphatic hydroxyl groups excluding tert-OH is 1. The Bertz CT molecular complexity index is 1180. The summed E-state index contributed by atoms with van der Waals surface area (Å²) in [5, 5.41) is 33.4. The summed E-state index contributed by atoms with van der Waals surface area (Å²) in [7, 11) is 0. The van der Waals surface area contributed by atoms with Crippen molar-refractivity contribution < 1.29 is 34.1 Å². The van der Waals surface area contributed by atoms with Gasteiger partial charge < -0.3 is 29.3 Å². The van der Waals surface area contributed by atoms with Gasteiger partial charge in [-0.25, -0.2) is 4.79 Å². The molecule has 4 saturated carbocycles. The minimum Gasteiger partial charge on any atom is -0.462 e. The molecular formula is C36H54O8. The number of carbonyl (C=O) groups excluding carboxylic acids is 2. The molecule has 8 nitrogen and oxygen atoms in total. The van der Waals surface area contributed by atoms with Gasteiger partial charge in [-0.15, -0.1) is 0 Å². The summed E-state index contributed by atoms with van der Waals surface area (Å²) in [6.07, 6.45) is 17.3. The van der Waals surface area contributed by atoms with Crippen LogP contribution in [0.3, 0.4) is 0 Å². The van der Waals surface area contributed by atoms with Gasteiger partial charge in [0, 0.05) is 30.9 Å². The number of ether oxygens (including phenoxy) is 1. The second kappa shape index (κ2) is 13.8. The number of aliphatic hydroxyl groups is 3. The summed E-state index contributed by atoms with van der Waals surface area (Å²) < 4.78 is 11.1. The van der Waals surface area contributed by atoms with E-state index in [0.29, 0.717) is 38.5 Å². The molecule has 8 atom stereocenters. The molecule has 0 bridgehead atoms. The van der Waals surface area contributed by atoms with Gasteiger partial charge in [-0.1, -0.05) is 51.9 Å². The molecule has 1 heterocycles. The average molecular weight is 615 g/mol. The minimum absolute atomic E-state index is 0.0586. The highest BCUT2D eigenvalue weighted by Gasteiger charge is 2.71. The van der Waals surface area contributed by atoms with Crippen LogP contribution >= 0.6 is 0 Å². The fourth-order valence-electron chi connectivity index (χ4n) is 10.2. The van der Waals surface area contributed by atoms with E-state index in [4.69, 9.17) is 14.3 Å². The lowest BCUT2D eigenvalue weighted by molar-refractivity contribution is -0.248. The van der Waals surface area contributed by atoms with Crippen LogP contribution in [0, 0.1) is 22.7 Å². The molecule has 0 radical (unpaired) electrons. The van der Waals surface area contributed by atoms with E-state index in [1.807, 2.05) is 6.07 Å². The monoisotopic (exact) mass is 614 g/mol. The third kappa shape index (κ3) is 6.07. The van der Waals surface area contributed by atoms with E-state index in [-0.39, 0.29) is 42.4 Å². The number of aldehydes is 1. The van der Waals surface area contributed by atoms with E-state index in [9.17, 15) is 24.6 Å². The molecular weight excluding hydrogens is 560 g/mol. The fraction of sp³-hybridized carbons (Fsp3) is 0.806. The number of hydrogen-bond donors (Lipinski definition) is 3. The summed E-state index contributed by atoms with van der Waals surface area (Å²) in [5.41, 5.74) is -3.04. The highest BCUT2D eigenvalue weighted by atomic mass is 16.5. The Balaban J connectivity index is 1.15. The number of unbranched alkanes of at least 4 members (excludes halogenated alkanes) is 8. The second-order valence-electron chi connectivity index (χ2n) is 14.8. The van der Waals surface area contributed by atoms with Crippen molar-refractivity contribution in [3.63, 3.8) is 0 Å². The molecule has 0 spiro atoms. The predicted octanol–water partition coefficient (Wildman–Crippen LogP) is 5.98. The van der Waals surface area contributed by atoms with Gasteiger partial charge in [0.1, 0.15) is 12.4 Å². The summed E-state index contributed by atoms with van der Waals surface area (Å²) in [6.45, 7) is 2.43. The molecule has 1 aromatic rings. The van der Waals surface area contributed by atoms with Gasteiger partial charge in [-0.3, -0.25) is 4.79 Å². The van der Waals surface area contributed by atoms with Gasteiger partial charge in [-0.05, 0) is 93.6 Å². The lowest BCUT2D eigenvalue weighted by Crippen LogP contribution is -2.68. The van der Waals surface area contributed by atoms with Crippen LogP contribution in [0.1, 0.15) is 140 Å². The van der Waals surface area contributed by atoms with Crippen LogP contribution in [0.15, 0.2) is 27.6 Å². The number of carbonyl (C=O) groups is 2. The molecule has 0 amide bonds. The molecule has 44 heavy (non-hydrogen) atoms. The quantitative estimate of drug-likeness (QED) is 0.132. The van der Waals surface area contributed by atoms with Crippen molar-refractivity contribution in [2.24, 2.45) is 22.7 Å². The van der Waals surface area contributed by atoms with E-state index in [1.165, 1.54) is 38.0 Å². The molecule has 0 aromatic carbocycles. The summed E-state index contributed by atoms with van der Waals surface area (Å²) >= 11 is 0. The first-order chi connectivity index (χ1) is 21.1. The highest BCUT2D eigenvalue weighted by molar-refractivity contribution is 5.69. The Morgan fingerprint density at radius 1 is 0.909 bits per heavy atom. The maximum absolute atomic E-state index is 13.0. The van der Waals surface area contributed by atoms with Crippen molar-refractivity contribution in [2.45, 2.75) is 152 Å². The maximum Gasteiger partial charge on any atom is 0.335 e. The van der Waals surface area contributed by atoms with Crippen molar-refractivity contribution >= 4 is 12.3 Å². The smallest absolute Gasteiger partial charge is 0.335 e. The maximum atomic E-state index is 13.0. The molecule has 0 unspecified atom stereocenters. The lowest BCUT2D eigenvalue weighted by Gasteiger charge is -2.65. The Kier molecular flexibility index (Phi) is 10.4. The molecule has 4 fully saturated rings. The van der Waals surface area contributed by atoms with Crippen LogP contribution in [-0.2, 0) is 14.3 Å². The van der Waals surface area contributed by atoms with E-state index >= 15 is 0 Å². The highest BCUT2D eigenvalue weighted by Crippen LogP contribution is 2.71. The van der Waals surface area contributed by atoms with Gasteiger partial charge in [0.15, 0.2) is 0 Å². The van der Waals surface area contributed by atoms with Gasteiger partial charge in [-0.2, -0.15) is 0 Å². The number of fused-ring (bicyclic) bond motifs is 5. The SMILES string of the molecule is C[C@]12CC[C@H]3[C@@H](CC[C@]4(O)C[C@@H](OC(=O)CCCCCCCCCCCO)CC[C@]34C=O)[C@@]1(O)CC[C@@H]2c1ccc(=O)oc1. The Hall–Kier alpha value is -2.03. The zero-order valence-corrected chi connectivity index (χ0v) is 26.6. The van der Waals surface area contributed by atoms with E-state index in [0.717, 1.165) is 63.2 Å². The van der Waals surface area contributed by atoms with Crippen LogP contribution in [0.5, 0.6) is 0 Å². The first-order valence-corrected chi connectivity index (χ1v) is 17.4. The predicted molar refractivity (Wildman–Crippen MR) is 166 cm³/mol. The lowest BCUT2D eigenvalue weighted by atomic mass is 9.41. The van der Waals surface area contributed by atoms with Gasteiger partial charge in [0.2, 0.25) is 0 Å². The van der Waals surface area contributed by atoms with Gasteiger partial charge in [0.05, 0.1) is 22.9 Å². The molecule has 8 heteroatoms. The molecule has 5 rings (SSSR count). The Morgan fingerprint density at radius 3 is 2.25 bits per heavy atom. The van der Waals surface area contributed by atoms with Crippen LogP contribution in [0.25, 0.3) is 0 Å². The normalized spacial score (nSPS) is 37.9. The Morgan fingerprint density at radius 2 is 1.59 bits per heavy atom. The van der Waals surface area contributed by atoms with Crippen molar-refractivity contribution in [3.8, 4) is 0 Å². The molecule has 1 aromatic heterocycles. The third-order valence-corrected chi connectivity index (χ3v) is 12.7. The summed E-state index contributed by atoms with van der Waals surface area (Å²) in [4.78, 5) is 37.3. The van der Waals surface area contributed by atoms with Crippen LogP contribution in [0.2, 0.25) is 0 Å². The third-order valence-electron chi connectivity index (χ3n) is 12.7. The molecule has 0 saturated heterocycles. The molecule has 4 aliphatic carbocycles. The van der Waals surface area contributed by atoms with Crippen LogP contribution in [0.4, 0.5) is 0 Å². The van der Waals surface area contributed by atoms with Gasteiger partial charge >= 0.3 is 11.6 Å². The number of esters is 1. The molecule has 4 aliphatic rings. The van der Waals surface area contributed by atoms with Crippen molar-refractivity contribution in [1.82, 2.24) is 0 Å². The van der Waals surface area contributed by atoms with Gasteiger partial charge in [0.25, 0.3) is 0 Å². The van der Waals surface area contributed by atoms with Crippen LogP contribution in [-0.4, -0.2) is 51.5 Å². The van der Waals surface area contributed by atoms with Crippen molar-refractivity contribution in [1.29, 1.82) is 0 Å². The number of hydrogen-bond acceptors (Lipinski definition) is 8. The molecule has 0 aliphatic heterocycles.